The number of rotatable bonds is 2. The molecule has 2 aromatic carbocycles. The highest BCUT2D eigenvalue weighted by Crippen LogP contribution is 2.28. The second kappa shape index (κ2) is 4.63. The molecule has 0 aliphatic rings. The molecule has 4 heteroatoms. The third kappa shape index (κ3) is 1.98. The first-order valence-electron chi connectivity index (χ1n) is 5.73. The normalized spacial score (nSPS) is 10.8. The third-order valence-corrected chi connectivity index (χ3v) is 3.68. The van der Waals surface area contributed by atoms with E-state index < -0.39 is 5.82 Å². The summed E-state index contributed by atoms with van der Waals surface area (Å²) in [7, 11) is 0. The Morgan fingerprint density at radius 3 is 2.63 bits per heavy atom. The van der Waals surface area contributed by atoms with Crippen LogP contribution in [-0.4, -0.2) is 10.8 Å². The Balaban J connectivity index is 2.21. The molecule has 0 aliphatic heterocycles. The van der Waals surface area contributed by atoms with E-state index in [4.69, 9.17) is 0 Å². The summed E-state index contributed by atoms with van der Waals surface area (Å²) in [6.07, 6.45) is 1.62. The van der Waals surface area contributed by atoms with Gasteiger partial charge in [-0.15, -0.1) is 0 Å². The van der Waals surface area contributed by atoms with Gasteiger partial charge in [0.1, 0.15) is 5.82 Å². The van der Waals surface area contributed by atoms with Crippen LogP contribution in [0.25, 0.3) is 10.9 Å². The average Bonchev–Trinajstić information content (AvgIpc) is 2.84. The van der Waals surface area contributed by atoms with Crippen molar-refractivity contribution in [3.05, 3.63) is 70.1 Å². The first kappa shape index (κ1) is 12.1. The molecular weight excluding hydrogens is 309 g/mol. The molecule has 3 aromatic rings. The van der Waals surface area contributed by atoms with Crippen molar-refractivity contribution in [1.82, 2.24) is 4.98 Å². The number of carbonyl (C=O) groups excluding carboxylic acids is 1. The number of nitrogens with one attached hydrogen (secondary N) is 1. The van der Waals surface area contributed by atoms with Gasteiger partial charge < -0.3 is 4.98 Å². The van der Waals surface area contributed by atoms with Crippen molar-refractivity contribution in [3.8, 4) is 0 Å². The number of aromatic amines is 1. The summed E-state index contributed by atoms with van der Waals surface area (Å²) in [4.78, 5) is 15.4. The van der Waals surface area contributed by atoms with Crippen LogP contribution in [0, 0.1) is 5.82 Å². The maximum Gasteiger partial charge on any atom is 0.198 e. The third-order valence-electron chi connectivity index (χ3n) is 3.02. The van der Waals surface area contributed by atoms with Crippen LogP contribution < -0.4 is 0 Å². The molecule has 0 atom stereocenters. The van der Waals surface area contributed by atoms with Crippen LogP contribution in [0.5, 0.6) is 0 Å². The molecule has 0 amide bonds. The lowest BCUT2D eigenvalue weighted by atomic mass is 10.0. The van der Waals surface area contributed by atoms with Crippen molar-refractivity contribution in [3.63, 3.8) is 0 Å². The molecule has 3 rings (SSSR count). The largest absolute Gasteiger partial charge is 0.360 e. The highest BCUT2D eigenvalue weighted by Gasteiger charge is 2.18. The van der Waals surface area contributed by atoms with E-state index in [1.807, 2.05) is 18.2 Å². The van der Waals surface area contributed by atoms with E-state index in [2.05, 4.69) is 20.9 Å². The number of aromatic nitrogens is 1. The minimum atomic E-state index is -0.506. The number of ketones is 1. The van der Waals surface area contributed by atoms with Crippen molar-refractivity contribution >= 4 is 32.6 Å². The molecule has 0 fully saturated rings. The maximum atomic E-state index is 13.7. The monoisotopic (exact) mass is 317 g/mol. The highest BCUT2D eigenvalue weighted by atomic mass is 79.9. The van der Waals surface area contributed by atoms with Crippen LogP contribution in [-0.2, 0) is 0 Å². The zero-order chi connectivity index (χ0) is 13.4. The molecule has 2 nitrogen and oxygen atoms in total. The lowest BCUT2D eigenvalue weighted by molar-refractivity contribution is 0.103. The average molecular weight is 318 g/mol. The summed E-state index contributed by atoms with van der Waals surface area (Å²) in [5.74, 6) is -0.829. The molecule has 0 aliphatic carbocycles. The lowest BCUT2D eigenvalue weighted by Crippen LogP contribution is -2.03. The Hall–Kier alpha value is -1.94. The number of halogens is 2. The molecule has 0 unspecified atom stereocenters. The molecule has 94 valence electrons. The van der Waals surface area contributed by atoms with Gasteiger partial charge in [-0.3, -0.25) is 4.79 Å². The van der Waals surface area contributed by atoms with Gasteiger partial charge in [0.2, 0.25) is 0 Å². The number of H-pyrrole nitrogens is 1. The summed E-state index contributed by atoms with van der Waals surface area (Å²) >= 11 is 3.42. The highest BCUT2D eigenvalue weighted by molar-refractivity contribution is 9.10. The lowest BCUT2D eigenvalue weighted by Gasteiger charge is -2.02. The van der Waals surface area contributed by atoms with E-state index in [9.17, 15) is 9.18 Å². The molecule has 0 bridgehead atoms. The van der Waals surface area contributed by atoms with E-state index in [0.717, 1.165) is 15.4 Å². The van der Waals surface area contributed by atoms with Crippen molar-refractivity contribution in [2.75, 3.05) is 0 Å². The van der Waals surface area contributed by atoms with Crippen LogP contribution in [0.3, 0.4) is 0 Å². The van der Waals surface area contributed by atoms with Crippen molar-refractivity contribution < 1.29 is 9.18 Å². The van der Waals surface area contributed by atoms with E-state index >= 15 is 0 Å². The topological polar surface area (TPSA) is 32.9 Å². The van der Waals surface area contributed by atoms with E-state index in [0.29, 0.717) is 5.56 Å². The molecule has 19 heavy (non-hydrogen) atoms. The zero-order valence-corrected chi connectivity index (χ0v) is 11.4. The van der Waals surface area contributed by atoms with Gasteiger partial charge in [0, 0.05) is 27.1 Å². The molecule has 1 heterocycles. The molecule has 0 radical (unpaired) electrons. The second-order valence-electron chi connectivity index (χ2n) is 4.17. The molecule has 0 saturated carbocycles. The van der Waals surface area contributed by atoms with Crippen LogP contribution >= 0.6 is 15.9 Å². The van der Waals surface area contributed by atoms with Gasteiger partial charge in [0.15, 0.2) is 5.78 Å². The van der Waals surface area contributed by atoms with Gasteiger partial charge in [0.25, 0.3) is 0 Å². The summed E-state index contributed by atoms with van der Waals surface area (Å²) in [6.45, 7) is 0. The Morgan fingerprint density at radius 1 is 1.05 bits per heavy atom. The SMILES string of the molecule is O=C(c1ccccc1F)c1c[nH]c2cccc(Br)c12. The minimum Gasteiger partial charge on any atom is -0.360 e. The van der Waals surface area contributed by atoms with Gasteiger partial charge in [-0.25, -0.2) is 4.39 Å². The van der Waals surface area contributed by atoms with Crippen molar-refractivity contribution in [2.45, 2.75) is 0 Å². The minimum absolute atomic E-state index is 0.0825. The summed E-state index contributed by atoms with van der Waals surface area (Å²) < 4.78 is 14.5. The molecule has 1 aromatic heterocycles. The Labute approximate surface area is 117 Å². The first-order valence-corrected chi connectivity index (χ1v) is 6.52. The van der Waals surface area contributed by atoms with Gasteiger partial charge in [-0.05, 0) is 24.3 Å². The van der Waals surface area contributed by atoms with Crippen LogP contribution in [0.1, 0.15) is 15.9 Å². The van der Waals surface area contributed by atoms with E-state index in [1.54, 1.807) is 18.3 Å². The number of fused-ring (bicyclic) bond motifs is 1. The predicted octanol–water partition coefficient (Wildman–Crippen LogP) is 4.30. The van der Waals surface area contributed by atoms with Gasteiger partial charge in [0.05, 0.1) is 5.56 Å². The van der Waals surface area contributed by atoms with Gasteiger partial charge in [-0.2, -0.15) is 0 Å². The quantitative estimate of drug-likeness (QED) is 0.702. The number of hydrogen-bond donors (Lipinski definition) is 1. The fourth-order valence-corrected chi connectivity index (χ4v) is 2.69. The molecule has 0 spiro atoms. The van der Waals surface area contributed by atoms with Crippen molar-refractivity contribution in [1.29, 1.82) is 0 Å². The fraction of sp³-hybridized carbons (Fsp3) is 0. The Morgan fingerprint density at radius 2 is 1.84 bits per heavy atom. The van der Waals surface area contributed by atoms with Crippen LogP contribution in [0.2, 0.25) is 0 Å². The molecular formula is C15H9BrFNO. The number of benzene rings is 2. The van der Waals surface area contributed by atoms with E-state index in [-0.39, 0.29) is 11.3 Å². The van der Waals surface area contributed by atoms with Gasteiger partial charge in [-0.1, -0.05) is 34.1 Å². The fourth-order valence-electron chi connectivity index (χ4n) is 2.11. The Bertz CT molecular complexity index is 779. The zero-order valence-electron chi connectivity index (χ0n) is 9.78. The maximum absolute atomic E-state index is 13.7. The van der Waals surface area contributed by atoms with Crippen molar-refractivity contribution in [2.24, 2.45) is 0 Å². The first-order chi connectivity index (χ1) is 9.18. The predicted molar refractivity (Wildman–Crippen MR) is 75.8 cm³/mol. The number of hydrogen-bond acceptors (Lipinski definition) is 1. The summed E-state index contributed by atoms with van der Waals surface area (Å²) in [5, 5.41) is 0.774. The Kier molecular flexibility index (Phi) is 2.95. The standard InChI is InChI=1S/C15H9BrFNO/c16-11-5-3-7-13-14(11)10(8-18-13)15(19)9-4-1-2-6-12(9)17/h1-8,18H. The number of carbonyl (C=O) groups is 1. The summed E-state index contributed by atoms with van der Waals surface area (Å²) in [6, 6.07) is 11.6. The summed E-state index contributed by atoms with van der Waals surface area (Å²) in [5.41, 5.74) is 1.39. The van der Waals surface area contributed by atoms with Gasteiger partial charge >= 0.3 is 0 Å². The molecule has 1 N–H and O–H groups in total. The van der Waals surface area contributed by atoms with Crippen LogP contribution in [0.15, 0.2) is 53.1 Å². The molecule has 0 saturated heterocycles. The van der Waals surface area contributed by atoms with Crippen LogP contribution in [0.4, 0.5) is 4.39 Å². The van der Waals surface area contributed by atoms with E-state index in [1.165, 1.54) is 12.1 Å². The second-order valence-corrected chi connectivity index (χ2v) is 5.03. The smallest absolute Gasteiger partial charge is 0.198 e.